The van der Waals surface area contributed by atoms with Gasteiger partial charge in [0.2, 0.25) is 0 Å². The molecule has 24 heavy (non-hydrogen) atoms. The van der Waals surface area contributed by atoms with Crippen molar-refractivity contribution >= 4 is 5.91 Å². The first-order valence-electron chi connectivity index (χ1n) is 8.51. The molecule has 1 saturated heterocycles. The summed E-state index contributed by atoms with van der Waals surface area (Å²) in [5.41, 5.74) is 0.554. The van der Waals surface area contributed by atoms with E-state index < -0.39 is 0 Å². The van der Waals surface area contributed by atoms with Crippen LogP contribution in [0.15, 0.2) is 18.2 Å². The fraction of sp³-hybridized carbons (Fsp3) is 0.611. The number of rotatable bonds is 4. The quantitative estimate of drug-likeness (QED) is 0.905. The van der Waals surface area contributed by atoms with Gasteiger partial charge in [0.25, 0.3) is 5.91 Å². The highest BCUT2D eigenvalue weighted by Gasteiger charge is 2.25. The molecule has 0 spiro atoms. The highest BCUT2D eigenvalue weighted by molar-refractivity contribution is 5.94. The fourth-order valence-corrected chi connectivity index (χ4v) is 2.72. The molecule has 2 heterocycles. The van der Waals surface area contributed by atoms with E-state index >= 15 is 0 Å². The molecule has 2 aliphatic rings. The van der Waals surface area contributed by atoms with Gasteiger partial charge in [-0.3, -0.25) is 9.69 Å². The molecule has 6 heteroatoms. The average Bonchev–Trinajstić information content (AvgIpc) is 2.74. The van der Waals surface area contributed by atoms with Crippen molar-refractivity contribution in [3.05, 3.63) is 23.8 Å². The number of ether oxygens (including phenoxy) is 3. The van der Waals surface area contributed by atoms with E-state index in [1.165, 1.54) is 0 Å². The van der Waals surface area contributed by atoms with Crippen LogP contribution < -0.4 is 14.8 Å². The highest BCUT2D eigenvalue weighted by atomic mass is 16.5. The molecule has 3 rings (SSSR count). The molecule has 2 aliphatic heterocycles. The van der Waals surface area contributed by atoms with E-state index in [1.807, 2.05) is 6.07 Å². The molecule has 1 amide bonds. The summed E-state index contributed by atoms with van der Waals surface area (Å²) in [6.45, 7) is 10.2. The maximum atomic E-state index is 12.3. The van der Waals surface area contributed by atoms with Gasteiger partial charge in [0, 0.05) is 37.2 Å². The van der Waals surface area contributed by atoms with Crippen molar-refractivity contribution in [1.29, 1.82) is 0 Å². The van der Waals surface area contributed by atoms with E-state index in [2.05, 4.69) is 24.1 Å². The molecule has 0 saturated carbocycles. The molecular formula is C18H26N2O4. The van der Waals surface area contributed by atoms with Crippen LogP contribution in [0.5, 0.6) is 11.5 Å². The van der Waals surface area contributed by atoms with Crippen LogP contribution in [0.2, 0.25) is 0 Å². The van der Waals surface area contributed by atoms with Gasteiger partial charge in [0.05, 0.1) is 26.4 Å². The fourth-order valence-electron chi connectivity index (χ4n) is 2.72. The largest absolute Gasteiger partial charge is 0.489 e. The molecular weight excluding hydrogens is 308 g/mol. The Kier molecular flexibility index (Phi) is 5.26. The van der Waals surface area contributed by atoms with Crippen LogP contribution in [0, 0.1) is 5.41 Å². The minimum absolute atomic E-state index is 0.0421. The lowest BCUT2D eigenvalue weighted by Crippen LogP contribution is -2.41. The number of fused-ring (bicyclic) bond motifs is 1. The molecule has 0 radical (unpaired) electrons. The Bertz CT molecular complexity index is 582. The van der Waals surface area contributed by atoms with Gasteiger partial charge in [0.15, 0.2) is 11.5 Å². The van der Waals surface area contributed by atoms with Crippen molar-refractivity contribution in [1.82, 2.24) is 10.2 Å². The molecule has 0 aromatic heterocycles. The summed E-state index contributed by atoms with van der Waals surface area (Å²) in [6, 6.07) is 5.36. The number of carbonyl (C=O) groups excluding carboxylic acids is 1. The standard InChI is InChI=1S/C18H26N2O4/c1-18(2)12-23-15-4-3-14(11-16(15)24-13-18)17(21)19-5-6-20-7-9-22-10-8-20/h3-4,11H,5-10,12-13H2,1-2H3,(H,19,21). The summed E-state index contributed by atoms with van der Waals surface area (Å²) in [5.74, 6) is 1.25. The van der Waals surface area contributed by atoms with Gasteiger partial charge >= 0.3 is 0 Å². The second-order valence-corrected chi connectivity index (χ2v) is 7.11. The van der Waals surface area contributed by atoms with Crippen molar-refractivity contribution in [2.75, 3.05) is 52.6 Å². The number of nitrogens with one attached hydrogen (secondary N) is 1. The lowest BCUT2D eigenvalue weighted by molar-refractivity contribution is 0.0383. The van der Waals surface area contributed by atoms with E-state index in [4.69, 9.17) is 14.2 Å². The second-order valence-electron chi connectivity index (χ2n) is 7.11. The smallest absolute Gasteiger partial charge is 0.251 e. The van der Waals surface area contributed by atoms with Gasteiger partial charge in [-0.25, -0.2) is 0 Å². The molecule has 1 aromatic carbocycles. The Hall–Kier alpha value is -1.79. The molecule has 6 nitrogen and oxygen atoms in total. The van der Waals surface area contributed by atoms with E-state index in [1.54, 1.807) is 12.1 Å². The minimum Gasteiger partial charge on any atom is -0.489 e. The molecule has 1 fully saturated rings. The van der Waals surface area contributed by atoms with Crippen LogP contribution in [0.3, 0.4) is 0 Å². The predicted octanol–water partition coefficient (Wildman–Crippen LogP) is 1.55. The zero-order valence-corrected chi connectivity index (χ0v) is 14.5. The Morgan fingerprint density at radius 1 is 1.17 bits per heavy atom. The van der Waals surface area contributed by atoms with Crippen LogP contribution in [-0.2, 0) is 4.74 Å². The minimum atomic E-state index is -0.0850. The number of amides is 1. The van der Waals surface area contributed by atoms with Crippen LogP contribution in [-0.4, -0.2) is 63.4 Å². The topological polar surface area (TPSA) is 60.0 Å². The summed E-state index contributed by atoms with van der Waals surface area (Å²) < 4.78 is 16.9. The van der Waals surface area contributed by atoms with Crippen LogP contribution in [0.4, 0.5) is 0 Å². The van der Waals surface area contributed by atoms with Crippen molar-refractivity contribution in [3.8, 4) is 11.5 Å². The first kappa shape index (κ1) is 17.0. The number of hydrogen-bond acceptors (Lipinski definition) is 5. The zero-order chi connectivity index (χ0) is 17.0. The summed E-state index contributed by atoms with van der Waals surface area (Å²) in [5, 5.41) is 2.97. The van der Waals surface area contributed by atoms with E-state index in [-0.39, 0.29) is 11.3 Å². The van der Waals surface area contributed by atoms with Gasteiger partial charge in [-0.1, -0.05) is 13.8 Å². The van der Waals surface area contributed by atoms with Crippen LogP contribution in [0.25, 0.3) is 0 Å². The first-order chi connectivity index (χ1) is 11.5. The number of nitrogens with zero attached hydrogens (tertiary/aromatic N) is 1. The SMILES string of the molecule is CC1(C)COc2ccc(C(=O)NCCN3CCOCC3)cc2OC1. The monoisotopic (exact) mass is 334 g/mol. The molecule has 0 unspecified atom stereocenters. The highest BCUT2D eigenvalue weighted by Crippen LogP contribution is 2.34. The maximum absolute atomic E-state index is 12.3. The molecule has 0 atom stereocenters. The third-order valence-electron chi connectivity index (χ3n) is 4.26. The summed E-state index contributed by atoms with van der Waals surface area (Å²) >= 11 is 0. The van der Waals surface area contributed by atoms with E-state index in [9.17, 15) is 4.79 Å². The van der Waals surface area contributed by atoms with Crippen molar-refractivity contribution in [3.63, 3.8) is 0 Å². The van der Waals surface area contributed by atoms with Crippen molar-refractivity contribution < 1.29 is 19.0 Å². The van der Waals surface area contributed by atoms with Crippen molar-refractivity contribution in [2.45, 2.75) is 13.8 Å². The Labute approximate surface area is 143 Å². The summed E-state index contributed by atoms with van der Waals surface area (Å²) in [6.07, 6.45) is 0. The Morgan fingerprint density at radius 2 is 1.88 bits per heavy atom. The number of benzene rings is 1. The first-order valence-corrected chi connectivity index (χ1v) is 8.51. The molecule has 0 bridgehead atoms. The molecule has 0 aliphatic carbocycles. The maximum Gasteiger partial charge on any atom is 0.251 e. The Balaban J connectivity index is 1.55. The summed E-state index contributed by atoms with van der Waals surface area (Å²) in [4.78, 5) is 14.6. The average molecular weight is 334 g/mol. The number of hydrogen-bond donors (Lipinski definition) is 1. The van der Waals surface area contributed by atoms with Gasteiger partial charge in [-0.05, 0) is 18.2 Å². The predicted molar refractivity (Wildman–Crippen MR) is 90.8 cm³/mol. The van der Waals surface area contributed by atoms with Gasteiger partial charge in [-0.15, -0.1) is 0 Å². The molecule has 1 N–H and O–H groups in total. The lowest BCUT2D eigenvalue weighted by Gasteiger charge is -2.26. The number of morpholine rings is 1. The van der Waals surface area contributed by atoms with Crippen LogP contribution in [0.1, 0.15) is 24.2 Å². The van der Waals surface area contributed by atoms with Crippen molar-refractivity contribution in [2.24, 2.45) is 5.41 Å². The molecule has 1 aromatic rings. The van der Waals surface area contributed by atoms with Gasteiger partial charge in [-0.2, -0.15) is 0 Å². The third kappa shape index (κ3) is 4.39. The summed E-state index contributed by atoms with van der Waals surface area (Å²) in [7, 11) is 0. The Morgan fingerprint density at radius 3 is 2.62 bits per heavy atom. The van der Waals surface area contributed by atoms with E-state index in [0.717, 1.165) is 32.8 Å². The normalized spacial score (nSPS) is 20.2. The zero-order valence-electron chi connectivity index (χ0n) is 14.5. The van der Waals surface area contributed by atoms with Gasteiger partial charge < -0.3 is 19.5 Å². The molecule has 132 valence electrons. The van der Waals surface area contributed by atoms with Gasteiger partial charge in [0.1, 0.15) is 0 Å². The number of carbonyl (C=O) groups is 1. The van der Waals surface area contributed by atoms with Crippen LogP contribution >= 0.6 is 0 Å². The lowest BCUT2D eigenvalue weighted by atomic mass is 9.97. The third-order valence-corrected chi connectivity index (χ3v) is 4.26. The second kappa shape index (κ2) is 7.40. The van der Waals surface area contributed by atoms with E-state index in [0.29, 0.717) is 36.8 Å².